The molecule has 0 aliphatic carbocycles. The van der Waals surface area contributed by atoms with Crippen LogP contribution in [0.1, 0.15) is 18.1 Å². The number of quaternary nitrogens is 2. The van der Waals surface area contributed by atoms with E-state index in [4.69, 9.17) is 0 Å². The fourth-order valence-corrected chi connectivity index (χ4v) is 3.50. The molecule has 0 unspecified atom stereocenters. The first kappa shape index (κ1) is 20.6. The smallest absolute Gasteiger partial charge is 0.295 e. The third-order valence-corrected chi connectivity index (χ3v) is 5.22. The summed E-state index contributed by atoms with van der Waals surface area (Å²) in [6.45, 7) is 7.20. The maximum Gasteiger partial charge on any atom is 0.295 e. The van der Waals surface area contributed by atoms with E-state index in [0.29, 0.717) is 12.3 Å². The molecule has 0 radical (unpaired) electrons. The lowest BCUT2D eigenvalue weighted by Gasteiger charge is -2.29. The molecule has 1 aliphatic rings. The van der Waals surface area contributed by atoms with E-state index in [-0.39, 0.29) is 11.6 Å². The number of nitro groups is 1. The first-order valence-electron chi connectivity index (χ1n) is 9.80. The van der Waals surface area contributed by atoms with Crippen LogP contribution in [0.4, 0.5) is 5.69 Å². The first-order chi connectivity index (χ1) is 14.0. The standard InChI is InChI=1S/C21H25N5O3/c1-17(19-7-9-20(10-8-19)26(28)29)22-23-21(27)16-25-13-11-24(12-14-25)15-18-5-3-2-4-6-18/h2-10H,11-16H2,1H3,(H,23,27)/p+2/b22-17+. The highest BCUT2D eigenvalue weighted by atomic mass is 16.6. The SMILES string of the molecule is C/C(=N\NC(=O)C[NH+]1CC[NH+](Cc2ccccc2)CC1)c1ccc([N+](=O)[O-])cc1. The predicted molar refractivity (Wildman–Crippen MR) is 110 cm³/mol. The fraction of sp³-hybridized carbons (Fsp3) is 0.333. The van der Waals surface area contributed by atoms with Crippen LogP contribution < -0.4 is 15.2 Å². The number of nitrogens with one attached hydrogen (secondary N) is 3. The van der Waals surface area contributed by atoms with Gasteiger partial charge in [0, 0.05) is 17.7 Å². The Balaban J connectivity index is 1.42. The van der Waals surface area contributed by atoms with Crippen molar-refractivity contribution in [2.24, 2.45) is 5.10 Å². The molecule has 1 aliphatic heterocycles. The average Bonchev–Trinajstić information content (AvgIpc) is 2.74. The van der Waals surface area contributed by atoms with E-state index in [1.807, 2.05) is 6.07 Å². The molecule has 152 valence electrons. The van der Waals surface area contributed by atoms with E-state index in [1.165, 1.54) is 22.6 Å². The fourth-order valence-electron chi connectivity index (χ4n) is 3.50. The summed E-state index contributed by atoms with van der Waals surface area (Å²) in [5.41, 5.74) is 5.33. The second-order valence-electron chi connectivity index (χ2n) is 7.38. The van der Waals surface area contributed by atoms with Gasteiger partial charge in [0.1, 0.15) is 32.7 Å². The van der Waals surface area contributed by atoms with Crippen molar-refractivity contribution in [3.8, 4) is 0 Å². The van der Waals surface area contributed by atoms with Crippen LogP contribution in [-0.2, 0) is 11.3 Å². The summed E-state index contributed by atoms with van der Waals surface area (Å²) in [5.74, 6) is -0.118. The van der Waals surface area contributed by atoms with E-state index in [0.717, 1.165) is 38.3 Å². The molecular weight excluding hydrogens is 370 g/mol. The Morgan fingerprint density at radius 1 is 1.03 bits per heavy atom. The molecule has 3 rings (SSSR count). The first-order valence-corrected chi connectivity index (χ1v) is 9.80. The van der Waals surface area contributed by atoms with Crippen molar-refractivity contribution in [1.82, 2.24) is 5.43 Å². The zero-order valence-electron chi connectivity index (χ0n) is 16.6. The van der Waals surface area contributed by atoms with Gasteiger partial charge in [0.2, 0.25) is 0 Å². The van der Waals surface area contributed by atoms with Gasteiger partial charge in [-0.05, 0) is 24.6 Å². The number of rotatable bonds is 7. The van der Waals surface area contributed by atoms with Gasteiger partial charge in [0.25, 0.3) is 11.6 Å². The van der Waals surface area contributed by atoms with Gasteiger partial charge >= 0.3 is 0 Å². The normalized spacial score (nSPS) is 19.6. The quantitative estimate of drug-likeness (QED) is 0.332. The maximum atomic E-state index is 12.2. The minimum absolute atomic E-state index is 0.0303. The molecule has 1 saturated heterocycles. The maximum absolute atomic E-state index is 12.2. The van der Waals surface area contributed by atoms with Crippen molar-refractivity contribution in [2.45, 2.75) is 13.5 Å². The molecule has 0 atom stereocenters. The summed E-state index contributed by atoms with van der Waals surface area (Å²) in [7, 11) is 0. The number of piperazine rings is 1. The van der Waals surface area contributed by atoms with Crippen molar-refractivity contribution in [2.75, 3.05) is 32.7 Å². The van der Waals surface area contributed by atoms with E-state index in [2.05, 4.69) is 34.8 Å². The van der Waals surface area contributed by atoms with Crippen LogP contribution in [0.25, 0.3) is 0 Å². The van der Waals surface area contributed by atoms with E-state index in [9.17, 15) is 14.9 Å². The molecule has 0 bridgehead atoms. The third kappa shape index (κ3) is 6.20. The minimum atomic E-state index is -0.442. The molecule has 2 aromatic carbocycles. The topological polar surface area (TPSA) is 93.5 Å². The molecule has 0 aromatic heterocycles. The van der Waals surface area contributed by atoms with Gasteiger partial charge in [0.05, 0.1) is 10.6 Å². The predicted octanol–water partition coefficient (Wildman–Crippen LogP) is -0.581. The van der Waals surface area contributed by atoms with Gasteiger partial charge in [-0.1, -0.05) is 30.3 Å². The van der Waals surface area contributed by atoms with Crippen molar-refractivity contribution in [3.05, 3.63) is 75.8 Å². The lowest BCUT2D eigenvalue weighted by molar-refractivity contribution is -1.02. The van der Waals surface area contributed by atoms with E-state index >= 15 is 0 Å². The summed E-state index contributed by atoms with van der Waals surface area (Å²) in [6, 6.07) is 16.6. The summed E-state index contributed by atoms with van der Waals surface area (Å²) < 4.78 is 0. The number of benzene rings is 2. The van der Waals surface area contributed by atoms with Gasteiger partial charge in [-0.3, -0.25) is 14.9 Å². The van der Waals surface area contributed by atoms with Crippen LogP contribution in [0.3, 0.4) is 0 Å². The zero-order chi connectivity index (χ0) is 20.6. The second kappa shape index (κ2) is 9.90. The molecule has 8 nitrogen and oxygen atoms in total. The lowest BCUT2D eigenvalue weighted by atomic mass is 10.1. The Morgan fingerprint density at radius 3 is 2.28 bits per heavy atom. The lowest BCUT2D eigenvalue weighted by Crippen LogP contribution is -3.28. The van der Waals surface area contributed by atoms with Gasteiger partial charge in [0.15, 0.2) is 6.54 Å². The molecular formula is C21H27N5O3+2. The summed E-state index contributed by atoms with van der Waals surface area (Å²) >= 11 is 0. The molecule has 8 heteroatoms. The number of carbonyl (C=O) groups excluding carboxylic acids is 1. The highest BCUT2D eigenvalue weighted by molar-refractivity contribution is 5.99. The van der Waals surface area contributed by atoms with E-state index < -0.39 is 4.92 Å². The Kier molecular flexibility index (Phi) is 7.04. The van der Waals surface area contributed by atoms with Crippen molar-refractivity contribution in [1.29, 1.82) is 0 Å². The largest absolute Gasteiger partial charge is 0.322 e. The van der Waals surface area contributed by atoms with Crippen LogP contribution in [0.5, 0.6) is 0 Å². The highest BCUT2D eigenvalue weighted by Gasteiger charge is 2.24. The monoisotopic (exact) mass is 397 g/mol. The molecule has 29 heavy (non-hydrogen) atoms. The van der Waals surface area contributed by atoms with Gasteiger partial charge in [-0.25, -0.2) is 5.43 Å². The summed E-state index contributed by atoms with van der Waals surface area (Å²) in [5, 5.41) is 14.8. The van der Waals surface area contributed by atoms with Crippen LogP contribution in [0.15, 0.2) is 59.7 Å². The Hall–Kier alpha value is -3.10. The average molecular weight is 397 g/mol. The zero-order valence-corrected chi connectivity index (χ0v) is 16.6. The third-order valence-electron chi connectivity index (χ3n) is 5.22. The molecule has 0 spiro atoms. The number of amides is 1. The summed E-state index contributed by atoms with van der Waals surface area (Å²) in [6.07, 6.45) is 0. The van der Waals surface area contributed by atoms with E-state index in [1.54, 1.807) is 24.0 Å². The number of non-ortho nitro benzene ring substituents is 1. The second-order valence-corrected chi connectivity index (χ2v) is 7.38. The molecule has 1 amide bonds. The van der Waals surface area contributed by atoms with Gasteiger partial charge in [-0.2, -0.15) is 5.10 Å². The molecule has 3 N–H and O–H groups in total. The molecule has 0 saturated carbocycles. The molecule has 2 aromatic rings. The molecule has 1 fully saturated rings. The van der Waals surface area contributed by atoms with Crippen LogP contribution >= 0.6 is 0 Å². The number of nitro benzene ring substituents is 1. The van der Waals surface area contributed by atoms with Gasteiger partial charge < -0.3 is 9.80 Å². The van der Waals surface area contributed by atoms with Crippen molar-refractivity contribution < 1.29 is 19.5 Å². The Labute approximate surface area is 170 Å². The van der Waals surface area contributed by atoms with Crippen LogP contribution in [0.2, 0.25) is 0 Å². The number of hydrogen-bond acceptors (Lipinski definition) is 4. The van der Waals surface area contributed by atoms with Crippen molar-refractivity contribution in [3.63, 3.8) is 0 Å². The minimum Gasteiger partial charge on any atom is -0.322 e. The summed E-state index contributed by atoms with van der Waals surface area (Å²) in [4.78, 5) is 25.3. The van der Waals surface area contributed by atoms with Crippen molar-refractivity contribution >= 4 is 17.3 Å². The number of nitrogens with zero attached hydrogens (tertiary/aromatic N) is 2. The number of hydrogen-bond donors (Lipinski definition) is 3. The molecule has 1 heterocycles. The highest BCUT2D eigenvalue weighted by Crippen LogP contribution is 2.12. The Bertz CT molecular complexity index is 860. The van der Waals surface area contributed by atoms with Gasteiger partial charge in [-0.15, -0.1) is 0 Å². The Morgan fingerprint density at radius 2 is 1.66 bits per heavy atom. The van der Waals surface area contributed by atoms with Crippen LogP contribution in [0, 0.1) is 10.1 Å². The number of carbonyl (C=O) groups is 1. The number of hydrazone groups is 1. The van der Waals surface area contributed by atoms with Crippen LogP contribution in [-0.4, -0.2) is 49.3 Å².